The van der Waals surface area contributed by atoms with E-state index in [0.717, 1.165) is 49.4 Å². The van der Waals surface area contributed by atoms with Crippen molar-refractivity contribution in [1.82, 2.24) is 14.9 Å². The van der Waals surface area contributed by atoms with Crippen LogP contribution in [0.3, 0.4) is 0 Å². The molecule has 1 unspecified atom stereocenters. The molecular weight excluding hydrogens is 278 g/mol. The molecule has 1 aromatic rings. The summed E-state index contributed by atoms with van der Waals surface area (Å²) in [4.78, 5) is 23.0. The van der Waals surface area contributed by atoms with Crippen molar-refractivity contribution >= 4 is 6.09 Å². The molecule has 2 heterocycles. The number of carbonyl (C=O) groups is 1. The quantitative estimate of drug-likeness (QED) is 0.841. The lowest BCUT2D eigenvalue weighted by Crippen LogP contribution is -2.43. The Morgan fingerprint density at radius 1 is 1.36 bits per heavy atom. The van der Waals surface area contributed by atoms with Crippen molar-refractivity contribution in [3.05, 3.63) is 23.3 Å². The van der Waals surface area contributed by atoms with Crippen LogP contribution >= 0.6 is 0 Å². The fraction of sp³-hybridized carbons (Fsp3) is 0.706. The maximum absolute atomic E-state index is 12.2. The molecule has 1 saturated heterocycles. The number of hydrogen-bond acceptors (Lipinski definition) is 4. The van der Waals surface area contributed by atoms with Gasteiger partial charge in [-0.25, -0.2) is 4.79 Å². The molecule has 0 aromatic carbocycles. The third kappa shape index (κ3) is 4.68. The van der Waals surface area contributed by atoms with Gasteiger partial charge >= 0.3 is 6.09 Å². The first-order valence-corrected chi connectivity index (χ1v) is 8.01. The average molecular weight is 305 g/mol. The normalized spacial score (nSPS) is 19.1. The number of amides is 1. The molecule has 0 aliphatic carbocycles. The van der Waals surface area contributed by atoms with Crippen molar-refractivity contribution in [2.24, 2.45) is 5.92 Å². The van der Waals surface area contributed by atoms with Gasteiger partial charge in [0.05, 0.1) is 17.1 Å². The van der Waals surface area contributed by atoms with Crippen molar-refractivity contribution in [2.75, 3.05) is 13.1 Å². The van der Waals surface area contributed by atoms with Crippen LogP contribution in [0.2, 0.25) is 0 Å². The lowest BCUT2D eigenvalue weighted by molar-refractivity contribution is 0.0165. The van der Waals surface area contributed by atoms with E-state index in [-0.39, 0.29) is 6.09 Å². The summed E-state index contributed by atoms with van der Waals surface area (Å²) in [5, 5.41) is 0. The number of aryl methyl sites for hydroxylation is 2. The molecular formula is C17H27N3O2. The van der Waals surface area contributed by atoms with Gasteiger partial charge in [0.15, 0.2) is 0 Å². The van der Waals surface area contributed by atoms with Gasteiger partial charge < -0.3 is 9.64 Å². The maximum atomic E-state index is 12.2. The van der Waals surface area contributed by atoms with E-state index in [1.54, 1.807) is 0 Å². The Morgan fingerprint density at radius 2 is 2.09 bits per heavy atom. The van der Waals surface area contributed by atoms with Crippen LogP contribution in [0.25, 0.3) is 0 Å². The predicted molar refractivity (Wildman–Crippen MR) is 85.7 cm³/mol. The SMILES string of the molecule is Cc1ncc(CC2CCCN(C(=O)OC(C)(C)C)C2)nc1C. The number of aromatic nitrogens is 2. The van der Waals surface area contributed by atoms with Crippen molar-refractivity contribution in [2.45, 2.75) is 59.5 Å². The molecule has 2 rings (SSSR count). The number of ether oxygens (including phenoxy) is 1. The molecule has 5 heteroatoms. The number of likely N-dealkylation sites (tertiary alicyclic amines) is 1. The Balaban J connectivity index is 1.95. The lowest BCUT2D eigenvalue weighted by atomic mass is 9.93. The Morgan fingerprint density at radius 3 is 2.73 bits per heavy atom. The number of rotatable bonds is 2. The summed E-state index contributed by atoms with van der Waals surface area (Å²) >= 11 is 0. The summed E-state index contributed by atoms with van der Waals surface area (Å²) in [6.07, 6.45) is 4.65. The number of piperidine rings is 1. The van der Waals surface area contributed by atoms with Gasteiger partial charge in [0.2, 0.25) is 0 Å². The van der Waals surface area contributed by atoms with Crippen LogP contribution < -0.4 is 0 Å². The fourth-order valence-corrected chi connectivity index (χ4v) is 2.71. The molecule has 1 aliphatic rings. The zero-order valence-corrected chi connectivity index (χ0v) is 14.3. The molecule has 0 radical (unpaired) electrons. The Kier molecular flexibility index (Phi) is 5.04. The lowest BCUT2D eigenvalue weighted by Gasteiger charge is -2.34. The van der Waals surface area contributed by atoms with E-state index in [0.29, 0.717) is 5.92 Å². The minimum atomic E-state index is -0.441. The number of nitrogens with zero attached hydrogens (tertiary/aromatic N) is 3. The molecule has 5 nitrogen and oxygen atoms in total. The third-order valence-corrected chi connectivity index (χ3v) is 3.91. The topological polar surface area (TPSA) is 55.3 Å². The number of carbonyl (C=O) groups excluding carboxylic acids is 1. The summed E-state index contributed by atoms with van der Waals surface area (Å²) in [5.74, 6) is 0.428. The molecule has 1 aromatic heterocycles. The largest absolute Gasteiger partial charge is 0.444 e. The molecule has 122 valence electrons. The molecule has 1 amide bonds. The van der Waals surface area contributed by atoms with Crippen molar-refractivity contribution in [3.63, 3.8) is 0 Å². The zero-order chi connectivity index (χ0) is 16.3. The summed E-state index contributed by atoms with van der Waals surface area (Å²) < 4.78 is 5.47. The highest BCUT2D eigenvalue weighted by Gasteiger charge is 2.27. The summed E-state index contributed by atoms with van der Waals surface area (Å²) in [6.45, 7) is 11.2. The second kappa shape index (κ2) is 6.63. The maximum Gasteiger partial charge on any atom is 0.410 e. The molecule has 1 aliphatic heterocycles. The van der Waals surface area contributed by atoms with Crippen LogP contribution in [0.1, 0.15) is 50.7 Å². The van der Waals surface area contributed by atoms with Gasteiger partial charge in [-0.1, -0.05) is 0 Å². The molecule has 1 fully saturated rings. The molecule has 0 bridgehead atoms. The Labute approximate surface area is 133 Å². The van der Waals surface area contributed by atoms with Crippen molar-refractivity contribution in [3.8, 4) is 0 Å². The van der Waals surface area contributed by atoms with Gasteiger partial charge in [-0.3, -0.25) is 9.97 Å². The molecule has 1 atom stereocenters. The summed E-state index contributed by atoms with van der Waals surface area (Å²) in [6, 6.07) is 0. The second-order valence-electron chi connectivity index (χ2n) is 7.17. The van der Waals surface area contributed by atoms with Crippen LogP contribution in [0.15, 0.2) is 6.20 Å². The molecule has 0 saturated carbocycles. The van der Waals surface area contributed by atoms with E-state index in [2.05, 4.69) is 9.97 Å². The standard InChI is InChI=1S/C17H27N3O2/c1-12-13(2)19-15(10-18-12)9-14-7-6-8-20(11-14)16(21)22-17(3,4)5/h10,14H,6-9,11H2,1-5H3. The molecule has 0 spiro atoms. The minimum Gasteiger partial charge on any atom is -0.444 e. The highest BCUT2D eigenvalue weighted by Crippen LogP contribution is 2.22. The fourth-order valence-electron chi connectivity index (χ4n) is 2.71. The van der Waals surface area contributed by atoms with Crippen LogP contribution in [0.4, 0.5) is 4.79 Å². The van der Waals surface area contributed by atoms with Crippen molar-refractivity contribution < 1.29 is 9.53 Å². The average Bonchev–Trinajstić information content (AvgIpc) is 2.41. The minimum absolute atomic E-state index is 0.205. The van der Waals surface area contributed by atoms with Gasteiger partial charge in [-0.2, -0.15) is 0 Å². The van der Waals surface area contributed by atoms with E-state index in [4.69, 9.17) is 4.74 Å². The predicted octanol–water partition coefficient (Wildman–Crippen LogP) is 3.28. The van der Waals surface area contributed by atoms with Crippen LogP contribution in [0.5, 0.6) is 0 Å². The Hall–Kier alpha value is -1.65. The highest BCUT2D eigenvalue weighted by atomic mass is 16.6. The van der Waals surface area contributed by atoms with E-state index < -0.39 is 5.60 Å². The summed E-state index contributed by atoms with van der Waals surface area (Å²) in [7, 11) is 0. The van der Waals surface area contributed by atoms with Crippen LogP contribution in [-0.4, -0.2) is 39.7 Å². The second-order valence-corrected chi connectivity index (χ2v) is 7.17. The van der Waals surface area contributed by atoms with Crippen LogP contribution in [-0.2, 0) is 11.2 Å². The smallest absolute Gasteiger partial charge is 0.410 e. The first-order chi connectivity index (χ1) is 10.2. The number of hydrogen-bond donors (Lipinski definition) is 0. The van der Waals surface area contributed by atoms with Gasteiger partial charge in [0.1, 0.15) is 5.60 Å². The van der Waals surface area contributed by atoms with E-state index in [9.17, 15) is 4.79 Å². The first-order valence-electron chi connectivity index (χ1n) is 8.01. The van der Waals surface area contributed by atoms with Crippen molar-refractivity contribution in [1.29, 1.82) is 0 Å². The summed E-state index contributed by atoms with van der Waals surface area (Å²) in [5.41, 5.74) is 2.53. The van der Waals surface area contributed by atoms with Gasteiger partial charge in [0.25, 0.3) is 0 Å². The molecule has 22 heavy (non-hydrogen) atoms. The van der Waals surface area contributed by atoms with Gasteiger partial charge in [-0.05, 0) is 59.8 Å². The highest BCUT2D eigenvalue weighted by molar-refractivity contribution is 5.68. The van der Waals surface area contributed by atoms with E-state index in [1.165, 1.54) is 0 Å². The van der Waals surface area contributed by atoms with E-state index in [1.807, 2.05) is 45.7 Å². The molecule has 0 N–H and O–H groups in total. The van der Waals surface area contributed by atoms with Gasteiger partial charge in [-0.15, -0.1) is 0 Å². The Bertz CT molecular complexity index is 537. The first kappa shape index (κ1) is 16.7. The monoisotopic (exact) mass is 305 g/mol. The van der Waals surface area contributed by atoms with Gasteiger partial charge in [0, 0.05) is 19.3 Å². The zero-order valence-electron chi connectivity index (χ0n) is 14.3. The third-order valence-electron chi connectivity index (χ3n) is 3.91. The van der Waals surface area contributed by atoms with E-state index >= 15 is 0 Å². The van der Waals surface area contributed by atoms with Crippen LogP contribution in [0, 0.1) is 19.8 Å².